The number of hydrogen-bond donors (Lipinski definition) is 3. The standard InChI is InChI=1S/C22H30N4O2/c1-15(2)14-28-20-11-9-18(10-12-20)16(3)26-22(24-4)25-13-17-5-7-19(8-6-17)21(23)27/h5-12,15-16H,13-14H2,1-4H3,(H2,23,27)(H2,24,25,26). The molecule has 0 fully saturated rings. The maximum atomic E-state index is 11.1. The van der Waals surface area contributed by atoms with Gasteiger partial charge >= 0.3 is 0 Å². The van der Waals surface area contributed by atoms with Gasteiger partial charge in [0.1, 0.15) is 5.75 Å². The van der Waals surface area contributed by atoms with Crippen LogP contribution >= 0.6 is 0 Å². The predicted molar refractivity (Wildman–Crippen MR) is 113 cm³/mol. The molecule has 0 aromatic heterocycles. The SMILES string of the molecule is CN=C(NCc1ccc(C(N)=O)cc1)NC(C)c1ccc(OCC(C)C)cc1. The van der Waals surface area contributed by atoms with E-state index >= 15 is 0 Å². The zero-order valence-electron chi connectivity index (χ0n) is 17.0. The van der Waals surface area contributed by atoms with Gasteiger partial charge in [-0.2, -0.15) is 0 Å². The number of ether oxygens (including phenoxy) is 1. The summed E-state index contributed by atoms with van der Waals surface area (Å²) in [5.74, 6) is 1.66. The van der Waals surface area contributed by atoms with E-state index in [9.17, 15) is 4.79 Å². The highest BCUT2D eigenvalue weighted by Crippen LogP contribution is 2.18. The fourth-order valence-corrected chi connectivity index (χ4v) is 2.57. The van der Waals surface area contributed by atoms with Gasteiger partial charge in [-0.05, 0) is 48.2 Å². The van der Waals surface area contributed by atoms with Gasteiger partial charge in [0, 0.05) is 19.2 Å². The Morgan fingerprint density at radius 2 is 1.71 bits per heavy atom. The van der Waals surface area contributed by atoms with Crippen molar-refractivity contribution in [2.24, 2.45) is 16.6 Å². The molecule has 6 nitrogen and oxygen atoms in total. The topological polar surface area (TPSA) is 88.7 Å². The van der Waals surface area contributed by atoms with Crippen LogP contribution in [0.25, 0.3) is 0 Å². The first-order valence-electron chi connectivity index (χ1n) is 9.47. The first-order valence-corrected chi connectivity index (χ1v) is 9.47. The Labute approximate surface area is 167 Å². The molecule has 28 heavy (non-hydrogen) atoms. The molecule has 0 saturated carbocycles. The summed E-state index contributed by atoms with van der Waals surface area (Å²) in [6.45, 7) is 7.65. The highest BCUT2D eigenvalue weighted by Gasteiger charge is 2.09. The van der Waals surface area contributed by atoms with Crippen LogP contribution in [0.5, 0.6) is 5.75 Å². The predicted octanol–water partition coefficient (Wildman–Crippen LogP) is 3.25. The van der Waals surface area contributed by atoms with Crippen LogP contribution in [0.2, 0.25) is 0 Å². The Kier molecular flexibility index (Phi) is 7.87. The fraction of sp³-hybridized carbons (Fsp3) is 0.364. The Morgan fingerprint density at radius 3 is 2.25 bits per heavy atom. The van der Waals surface area contributed by atoms with E-state index < -0.39 is 5.91 Å². The van der Waals surface area contributed by atoms with Crippen molar-refractivity contribution in [1.82, 2.24) is 10.6 Å². The summed E-state index contributed by atoms with van der Waals surface area (Å²) >= 11 is 0. The number of carbonyl (C=O) groups excluding carboxylic acids is 1. The summed E-state index contributed by atoms with van der Waals surface area (Å²) < 4.78 is 5.73. The number of primary amides is 1. The molecule has 0 aliphatic carbocycles. The Hall–Kier alpha value is -3.02. The third-order valence-electron chi connectivity index (χ3n) is 4.24. The van der Waals surface area contributed by atoms with E-state index in [1.54, 1.807) is 19.2 Å². The minimum absolute atomic E-state index is 0.0857. The Morgan fingerprint density at radius 1 is 1.07 bits per heavy atom. The molecule has 2 aromatic carbocycles. The van der Waals surface area contributed by atoms with Crippen molar-refractivity contribution < 1.29 is 9.53 Å². The molecule has 1 atom stereocenters. The normalized spacial score (nSPS) is 12.5. The maximum Gasteiger partial charge on any atom is 0.248 e. The number of amides is 1. The fourth-order valence-electron chi connectivity index (χ4n) is 2.57. The molecule has 150 valence electrons. The van der Waals surface area contributed by atoms with E-state index in [0.29, 0.717) is 30.6 Å². The average molecular weight is 383 g/mol. The number of benzene rings is 2. The van der Waals surface area contributed by atoms with Crippen molar-refractivity contribution in [2.75, 3.05) is 13.7 Å². The zero-order chi connectivity index (χ0) is 20.5. The molecule has 0 spiro atoms. The van der Waals surface area contributed by atoms with Crippen LogP contribution in [0, 0.1) is 5.92 Å². The number of aliphatic imine (C=N–C) groups is 1. The Bertz CT molecular complexity index is 783. The second-order valence-corrected chi connectivity index (χ2v) is 7.13. The largest absolute Gasteiger partial charge is 0.493 e. The van der Waals surface area contributed by atoms with Gasteiger partial charge in [-0.1, -0.05) is 38.1 Å². The lowest BCUT2D eigenvalue weighted by Gasteiger charge is -2.19. The summed E-state index contributed by atoms with van der Waals surface area (Å²) in [5, 5.41) is 6.65. The summed E-state index contributed by atoms with van der Waals surface area (Å²) in [7, 11) is 1.74. The second kappa shape index (κ2) is 10.3. The number of carbonyl (C=O) groups is 1. The van der Waals surface area contributed by atoms with Crippen molar-refractivity contribution in [1.29, 1.82) is 0 Å². The van der Waals surface area contributed by atoms with Gasteiger partial charge in [0.05, 0.1) is 12.6 Å². The van der Waals surface area contributed by atoms with E-state index in [0.717, 1.165) is 16.9 Å². The molecule has 2 aromatic rings. The molecule has 0 aliphatic rings. The molecule has 0 aliphatic heterocycles. The van der Waals surface area contributed by atoms with Crippen LogP contribution in [0.4, 0.5) is 0 Å². The lowest BCUT2D eigenvalue weighted by molar-refractivity contribution is 0.100. The molecule has 4 N–H and O–H groups in total. The summed E-state index contributed by atoms with van der Waals surface area (Å²) in [4.78, 5) is 15.4. The number of rotatable bonds is 8. The van der Waals surface area contributed by atoms with E-state index in [-0.39, 0.29) is 6.04 Å². The number of nitrogens with zero attached hydrogens (tertiary/aromatic N) is 1. The van der Waals surface area contributed by atoms with E-state index in [2.05, 4.69) is 48.5 Å². The molecule has 6 heteroatoms. The quantitative estimate of drug-likeness (QED) is 0.483. The van der Waals surface area contributed by atoms with E-state index in [1.807, 2.05) is 24.3 Å². The van der Waals surface area contributed by atoms with Gasteiger partial charge in [0.15, 0.2) is 5.96 Å². The number of guanidine groups is 1. The molecule has 2 rings (SSSR count). The number of nitrogens with two attached hydrogens (primary N) is 1. The second-order valence-electron chi connectivity index (χ2n) is 7.13. The third-order valence-corrected chi connectivity index (χ3v) is 4.24. The van der Waals surface area contributed by atoms with Gasteiger partial charge in [0.2, 0.25) is 5.91 Å². The third kappa shape index (κ3) is 6.61. The summed E-state index contributed by atoms with van der Waals surface area (Å²) in [6.07, 6.45) is 0. The van der Waals surface area contributed by atoms with Crippen molar-refractivity contribution >= 4 is 11.9 Å². The smallest absolute Gasteiger partial charge is 0.248 e. The monoisotopic (exact) mass is 382 g/mol. The molecule has 0 heterocycles. The molecule has 1 unspecified atom stereocenters. The van der Waals surface area contributed by atoms with Gasteiger partial charge < -0.3 is 21.1 Å². The molecule has 0 saturated heterocycles. The summed E-state index contributed by atoms with van der Waals surface area (Å²) in [5.41, 5.74) is 7.94. The van der Waals surface area contributed by atoms with Crippen LogP contribution in [0.1, 0.15) is 48.3 Å². The van der Waals surface area contributed by atoms with Crippen molar-refractivity contribution in [3.8, 4) is 5.75 Å². The van der Waals surface area contributed by atoms with Crippen molar-refractivity contribution in [2.45, 2.75) is 33.4 Å². The van der Waals surface area contributed by atoms with Crippen LogP contribution in [-0.2, 0) is 6.54 Å². The lowest BCUT2D eigenvalue weighted by Crippen LogP contribution is -2.38. The number of nitrogens with one attached hydrogen (secondary N) is 2. The van der Waals surface area contributed by atoms with Crippen LogP contribution in [-0.4, -0.2) is 25.5 Å². The van der Waals surface area contributed by atoms with Gasteiger partial charge in [0.25, 0.3) is 0 Å². The maximum absolute atomic E-state index is 11.1. The van der Waals surface area contributed by atoms with E-state index in [4.69, 9.17) is 10.5 Å². The lowest BCUT2D eigenvalue weighted by atomic mass is 10.1. The van der Waals surface area contributed by atoms with Crippen LogP contribution in [0.3, 0.4) is 0 Å². The molecular weight excluding hydrogens is 352 g/mol. The highest BCUT2D eigenvalue weighted by molar-refractivity contribution is 5.92. The van der Waals surface area contributed by atoms with Crippen LogP contribution < -0.4 is 21.1 Å². The number of hydrogen-bond acceptors (Lipinski definition) is 3. The average Bonchev–Trinajstić information content (AvgIpc) is 2.70. The highest BCUT2D eigenvalue weighted by atomic mass is 16.5. The van der Waals surface area contributed by atoms with Crippen molar-refractivity contribution in [3.05, 3.63) is 65.2 Å². The zero-order valence-corrected chi connectivity index (χ0v) is 17.0. The molecule has 1 amide bonds. The first-order chi connectivity index (χ1) is 13.4. The van der Waals surface area contributed by atoms with Gasteiger partial charge in [-0.15, -0.1) is 0 Å². The van der Waals surface area contributed by atoms with E-state index in [1.165, 1.54) is 0 Å². The van der Waals surface area contributed by atoms with Crippen LogP contribution in [0.15, 0.2) is 53.5 Å². The minimum atomic E-state index is -0.425. The molecule has 0 radical (unpaired) electrons. The first kappa shape index (κ1) is 21.3. The molecular formula is C22H30N4O2. The summed E-state index contributed by atoms with van der Waals surface area (Å²) in [6, 6.07) is 15.4. The van der Waals surface area contributed by atoms with Crippen molar-refractivity contribution in [3.63, 3.8) is 0 Å². The molecule has 0 bridgehead atoms. The Balaban J connectivity index is 1.88. The van der Waals surface area contributed by atoms with Gasteiger partial charge in [-0.25, -0.2) is 0 Å². The van der Waals surface area contributed by atoms with Gasteiger partial charge in [-0.3, -0.25) is 9.79 Å². The minimum Gasteiger partial charge on any atom is -0.493 e.